The fourth-order valence-electron chi connectivity index (χ4n) is 2.15. The second-order valence-electron chi connectivity index (χ2n) is 4.38. The Labute approximate surface area is 95.7 Å². The SMILES string of the molecule is NC(=O)C1=CC=CN(CC2CCOCC2)C1. The van der Waals surface area contributed by atoms with Crippen molar-refractivity contribution in [3.63, 3.8) is 0 Å². The molecule has 16 heavy (non-hydrogen) atoms. The molecule has 0 unspecified atom stereocenters. The molecule has 0 aromatic heterocycles. The number of rotatable bonds is 3. The van der Waals surface area contributed by atoms with Crippen molar-refractivity contribution in [2.24, 2.45) is 11.7 Å². The van der Waals surface area contributed by atoms with Gasteiger partial charge in [-0.2, -0.15) is 0 Å². The van der Waals surface area contributed by atoms with Gasteiger partial charge in [0.1, 0.15) is 0 Å². The maximum Gasteiger partial charge on any atom is 0.246 e. The lowest BCUT2D eigenvalue weighted by Crippen LogP contribution is -2.33. The highest BCUT2D eigenvalue weighted by molar-refractivity contribution is 5.92. The number of carbonyl (C=O) groups is 1. The third-order valence-corrected chi connectivity index (χ3v) is 3.12. The van der Waals surface area contributed by atoms with Gasteiger partial charge < -0.3 is 15.4 Å². The summed E-state index contributed by atoms with van der Waals surface area (Å²) in [5.41, 5.74) is 5.96. The largest absolute Gasteiger partial charge is 0.381 e. The van der Waals surface area contributed by atoms with Crippen LogP contribution in [-0.4, -0.2) is 37.1 Å². The van der Waals surface area contributed by atoms with Crippen molar-refractivity contribution in [3.05, 3.63) is 23.9 Å². The zero-order valence-corrected chi connectivity index (χ0v) is 9.39. The Hall–Kier alpha value is -1.29. The van der Waals surface area contributed by atoms with Crippen LogP contribution in [0.1, 0.15) is 12.8 Å². The van der Waals surface area contributed by atoms with E-state index in [9.17, 15) is 4.79 Å². The minimum Gasteiger partial charge on any atom is -0.381 e. The molecule has 0 atom stereocenters. The molecule has 0 bridgehead atoms. The Kier molecular flexibility index (Phi) is 3.62. The van der Waals surface area contributed by atoms with Gasteiger partial charge in [-0.15, -0.1) is 0 Å². The molecule has 88 valence electrons. The van der Waals surface area contributed by atoms with Crippen molar-refractivity contribution in [1.82, 2.24) is 4.90 Å². The molecular weight excluding hydrogens is 204 g/mol. The van der Waals surface area contributed by atoms with Crippen LogP contribution in [0.25, 0.3) is 0 Å². The molecular formula is C12H18N2O2. The van der Waals surface area contributed by atoms with Crippen molar-refractivity contribution in [2.75, 3.05) is 26.3 Å². The first-order chi connectivity index (χ1) is 7.75. The summed E-state index contributed by atoms with van der Waals surface area (Å²) in [6, 6.07) is 0. The molecule has 4 nitrogen and oxygen atoms in total. The minimum absolute atomic E-state index is 0.318. The van der Waals surface area contributed by atoms with Gasteiger partial charge in [0.2, 0.25) is 5.91 Å². The average Bonchev–Trinajstić information content (AvgIpc) is 2.30. The summed E-state index contributed by atoms with van der Waals surface area (Å²) in [4.78, 5) is 13.2. The number of primary amides is 1. The van der Waals surface area contributed by atoms with Gasteiger partial charge in [0.15, 0.2) is 0 Å². The van der Waals surface area contributed by atoms with Gasteiger partial charge in [-0.25, -0.2) is 0 Å². The van der Waals surface area contributed by atoms with E-state index in [1.54, 1.807) is 6.08 Å². The minimum atomic E-state index is -0.318. The van der Waals surface area contributed by atoms with Crippen molar-refractivity contribution < 1.29 is 9.53 Å². The molecule has 1 saturated heterocycles. The van der Waals surface area contributed by atoms with Gasteiger partial charge in [0, 0.05) is 31.9 Å². The van der Waals surface area contributed by atoms with E-state index in [1.807, 2.05) is 12.3 Å². The second kappa shape index (κ2) is 5.16. The van der Waals surface area contributed by atoms with Gasteiger partial charge in [-0.1, -0.05) is 6.08 Å². The predicted octanol–water partition coefficient (Wildman–Crippen LogP) is 0.654. The van der Waals surface area contributed by atoms with E-state index in [2.05, 4.69) is 4.90 Å². The van der Waals surface area contributed by atoms with Crippen LogP contribution in [0, 0.1) is 5.92 Å². The third kappa shape index (κ3) is 2.85. The number of hydrogen-bond acceptors (Lipinski definition) is 3. The van der Waals surface area contributed by atoms with Gasteiger partial charge in [-0.05, 0) is 31.0 Å². The number of nitrogens with zero attached hydrogens (tertiary/aromatic N) is 1. The quantitative estimate of drug-likeness (QED) is 0.763. The van der Waals surface area contributed by atoms with Crippen LogP contribution >= 0.6 is 0 Å². The Balaban J connectivity index is 1.85. The molecule has 0 radical (unpaired) electrons. The first-order valence-corrected chi connectivity index (χ1v) is 5.74. The Morgan fingerprint density at radius 1 is 1.50 bits per heavy atom. The number of carbonyl (C=O) groups excluding carboxylic acids is 1. The monoisotopic (exact) mass is 222 g/mol. The Bertz CT molecular complexity index is 317. The van der Waals surface area contributed by atoms with E-state index in [4.69, 9.17) is 10.5 Å². The second-order valence-corrected chi connectivity index (χ2v) is 4.38. The highest BCUT2D eigenvalue weighted by Crippen LogP contribution is 2.18. The van der Waals surface area contributed by atoms with Crippen LogP contribution in [-0.2, 0) is 9.53 Å². The lowest BCUT2D eigenvalue weighted by atomic mass is 9.99. The van der Waals surface area contributed by atoms with E-state index < -0.39 is 0 Å². The van der Waals surface area contributed by atoms with Gasteiger partial charge in [0.25, 0.3) is 0 Å². The first-order valence-electron chi connectivity index (χ1n) is 5.74. The van der Waals surface area contributed by atoms with Crippen molar-refractivity contribution in [2.45, 2.75) is 12.8 Å². The highest BCUT2D eigenvalue weighted by Gasteiger charge is 2.18. The molecule has 4 heteroatoms. The molecule has 1 fully saturated rings. The smallest absolute Gasteiger partial charge is 0.246 e. The van der Waals surface area contributed by atoms with E-state index in [0.717, 1.165) is 32.6 Å². The average molecular weight is 222 g/mol. The lowest BCUT2D eigenvalue weighted by Gasteiger charge is -2.30. The Morgan fingerprint density at radius 2 is 2.25 bits per heavy atom. The normalized spacial score (nSPS) is 22.0. The predicted molar refractivity (Wildman–Crippen MR) is 61.5 cm³/mol. The summed E-state index contributed by atoms with van der Waals surface area (Å²) in [5.74, 6) is 0.354. The van der Waals surface area contributed by atoms with Crippen LogP contribution in [0.5, 0.6) is 0 Å². The van der Waals surface area contributed by atoms with Gasteiger partial charge >= 0.3 is 0 Å². The van der Waals surface area contributed by atoms with E-state index in [1.165, 1.54) is 0 Å². The summed E-state index contributed by atoms with van der Waals surface area (Å²) in [6.45, 7) is 3.36. The molecule has 2 rings (SSSR count). The van der Waals surface area contributed by atoms with Crippen LogP contribution in [0.2, 0.25) is 0 Å². The standard InChI is InChI=1S/C12H18N2O2/c13-12(15)11-2-1-5-14(9-11)8-10-3-6-16-7-4-10/h1-2,5,10H,3-4,6-9H2,(H2,13,15). The number of allylic oxidation sites excluding steroid dienone is 2. The van der Waals surface area contributed by atoms with Crippen LogP contribution in [0.15, 0.2) is 23.9 Å². The van der Waals surface area contributed by atoms with E-state index in [0.29, 0.717) is 18.0 Å². The van der Waals surface area contributed by atoms with E-state index >= 15 is 0 Å². The van der Waals surface area contributed by atoms with Crippen LogP contribution in [0.4, 0.5) is 0 Å². The van der Waals surface area contributed by atoms with Crippen molar-refractivity contribution >= 4 is 5.91 Å². The molecule has 1 amide bonds. The zero-order valence-electron chi connectivity index (χ0n) is 9.39. The van der Waals surface area contributed by atoms with E-state index in [-0.39, 0.29) is 5.91 Å². The third-order valence-electron chi connectivity index (χ3n) is 3.12. The maximum atomic E-state index is 11.1. The summed E-state index contributed by atoms with van der Waals surface area (Å²) in [5, 5.41) is 0. The Morgan fingerprint density at radius 3 is 2.94 bits per heavy atom. The zero-order chi connectivity index (χ0) is 11.4. The molecule has 2 aliphatic heterocycles. The molecule has 0 aromatic rings. The van der Waals surface area contributed by atoms with Crippen LogP contribution in [0.3, 0.4) is 0 Å². The number of amides is 1. The summed E-state index contributed by atoms with van der Waals surface area (Å²) in [6.07, 6.45) is 7.94. The first kappa shape index (κ1) is 11.2. The molecule has 2 heterocycles. The molecule has 2 aliphatic rings. The highest BCUT2D eigenvalue weighted by atomic mass is 16.5. The fourth-order valence-corrected chi connectivity index (χ4v) is 2.15. The molecule has 0 aromatic carbocycles. The van der Waals surface area contributed by atoms with Gasteiger partial charge in [-0.3, -0.25) is 4.79 Å². The summed E-state index contributed by atoms with van der Waals surface area (Å²) in [7, 11) is 0. The lowest BCUT2D eigenvalue weighted by molar-refractivity contribution is -0.114. The molecule has 0 aliphatic carbocycles. The van der Waals surface area contributed by atoms with Crippen molar-refractivity contribution in [1.29, 1.82) is 0 Å². The molecule has 2 N–H and O–H groups in total. The fraction of sp³-hybridized carbons (Fsp3) is 0.583. The maximum absolute atomic E-state index is 11.1. The molecule has 0 spiro atoms. The number of nitrogens with two attached hydrogens (primary N) is 1. The summed E-state index contributed by atoms with van der Waals surface area (Å²) < 4.78 is 5.33. The van der Waals surface area contributed by atoms with Crippen molar-refractivity contribution in [3.8, 4) is 0 Å². The van der Waals surface area contributed by atoms with Gasteiger partial charge in [0.05, 0.1) is 0 Å². The number of hydrogen-bond donors (Lipinski definition) is 1. The summed E-state index contributed by atoms with van der Waals surface area (Å²) >= 11 is 0. The number of ether oxygens (including phenoxy) is 1. The topological polar surface area (TPSA) is 55.6 Å². The van der Waals surface area contributed by atoms with Crippen LogP contribution < -0.4 is 5.73 Å². The molecule has 0 saturated carbocycles.